The van der Waals surface area contributed by atoms with E-state index >= 15 is 0 Å². The average molecular weight is 321 g/mol. The quantitative estimate of drug-likeness (QED) is 0.617. The fourth-order valence-corrected chi connectivity index (χ4v) is 2.90. The molecule has 7 heteroatoms. The van der Waals surface area contributed by atoms with Crippen LogP contribution in [0.3, 0.4) is 0 Å². The lowest BCUT2D eigenvalue weighted by Crippen LogP contribution is -2.44. The van der Waals surface area contributed by atoms with Gasteiger partial charge < -0.3 is 15.3 Å². The Morgan fingerprint density at radius 2 is 2.13 bits per heavy atom. The minimum atomic E-state index is -0.472. The van der Waals surface area contributed by atoms with Crippen LogP contribution in [0.5, 0.6) is 0 Å². The minimum absolute atomic E-state index is 0.000366. The van der Waals surface area contributed by atoms with Gasteiger partial charge in [0.1, 0.15) is 0 Å². The molecule has 1 aliphatic rings. The summed E-state index contributed by atoms with van der Waals surface area (Å²) in [6.07, 6.45) is 2.40. The maximum Gasteiger partial charge on any atom is 0.269 e. The van der Waals surface area contributed by atoms with Crippen molar-refractivity contribution in [1.82, 2.24) is 4.90 Å². The van der Waals surface area contributed by atoms with Crippen LogP contribution < -0.4 is 5.32 Å². The molecule has 2 rings (SSSR count). The van der Waals surface area contributed by atoms with Crippen LogP contribution in [0.2, 0.25) is 0 Å². The summed E-state index contributed by atoms with van der Waals surface area (Å²) in [4.78, 5) is 24.3. The van der Waals surface area contributed by atoms with Gasteiger partial charge >= 0.3 is 0 Å². The number of amides is 1. The van der Waals surface area contributed by atoms with Crippen molar-refractivity contribution in [3.05, 3.63) is 34.4 Å². The summed E-state index contributed by atoms with van der Waals surface area (Å²) in [6.45, 7) is 4.62. The number of rotatable bonds is 6. The SMILES string of the molecule is CC1(CO)CCCN(CCC(=O)Nc2ccc([N+](=O)[O-])cc2)C1. The van der Waals surface area contributed by atoms with E-state index in [0.717, 1.165) is 25.9 Å². The van der Waals surface area contributed by atoms with Crippen molar-refractivity contribution in [3.8, 4) is 0 Å². The zero-order valence-corrected chi connectivity index (χ0v) is 13.3. The highest BCUT2D eigenvalue weighted by molar-refractivity contribution is 5.90. The van der Waals surface area contributed by atoms with Crippen molar-refractivity contribution in [2.75, 3.05) is 31.6 Å². The van der Waals surface area contributed by atoms with Crippen LogP contribution >= 0.6 is 0 Å². The van der Waals surface area contributed by atoms with Crippen LogP contribution in [-0.2, 0) is 4.79 Å². The first-order valence-corrected chi connectivity index (χ1v) is 7.79. The van der Waals surface area contributed by atoms with Gasteiger partial charge in [0, 0.05) is 49.4 Å². The summed E-state index contributed by atoms with van der Waals surface area (Å²) in [7, 11) is 0. The van der Waals surface area contributed by atoms with Crippen molar-refractivity contribution >= 4 is 17.3 Å². The summed E-state index contributed by atoms with van der Waals surface area (Å²) in [5, 5.41) is 22.8. The number of carbonyl (C=O) groups excluding carboxylic acids is 1. The van der Waals surface area contributed by atoms with Crippen LogP contribution in [0.25, 0.3) is 0 Å². The summed E-state index contributed by atoms with van der Waals surface area (Å²) in [6, 6.07) is 5.79. The molecule has 1 fully saturated rings. The smallest absolute Gasteiger partial charge is 0.269 e. The van der Waals surface area contributed by atoms with Crippen LogP contribution in [0, 0.1) is 15.5 Å². The van der Waals surface area contributed by atoms with Gasteiger partial charge in [0.15, 0.2) is 0 Å². The second-order valence-electron chi connectivity index (χ2n) is 6.45. The third-order valence-electron chi connectivity index (χ3n) is 4.26. The molecule has 1 aromatic rings. The lowest BCUT2D eigenvalue weighted by molar-refractivity contribution is -0.384. The molecule has 1 heterocycles. The Morgan fingerprint density at radius 1 is 1.43 bits per heavy atom. The summed E-state index contributed by atoms with van der Waals surface area (Å²) >= 11 is 0. The first-order valence-electron chi connectivity index (χ1n) is 7.79. The average Bonchev–Trinajstić information content (AvgIpc) is 2.53. The van der Waals surface area contributed by atoms with Gasteiger partial charge in [-0.15, -0.1) is 0 Å². The van der Waals surface area contributed by atoms with E-state index in [2.05, 4.69) is 17.1 Å². The Hall–Kier alpha value is -1.99. The van der Waals surface area contributed by atoms with Crippen LogP contribution in [0.1, 0.15) is 26.2 Å². The van der Waals surface area contributed by atoms with Gasteiger partial charge in [0.05, 0.1) is 4.92 Å². The van der Waals surface area contributed by atoms with Crippen molar-refractivity contribution in [2.24, 2.45) is 5.41 Å². The van der Waals surface area contributed by atoms with Gasteiger partial charge in [-0.2, -0.15) is 0 Å². The molecule has 2 N–H and O–H groups in total. The van der Waals surface area contributed by atoms with Crippen LogP contribution in [0.15, 0.2) is 24.3 Å². The largest absolute Gasteiger partial charge is 0.396 e. The Kier molecular flexibility index (Phi) is 5.68. The fraction of sp³-hybridized carbons (Fsp3) is 0.562. The van der Waals surface area contributed by atoms with Gasteiger partial charge in [-0.25, -0.2) is 0 Å². The number of hydrogen-bond acceptors (Lipinski definition) is 5. The molecular formula is C16H23N3O4. The number of nitrogens with zero attached hydrogens (tertiary/aromatic N) is 2. The molecule has 1 aromatic carbocycles. The van der Waals surface area contributed by atoms with Gasteiger partial charge in [-0.1, -0.05) is 6.92 Å². The summed E-state index contributed by atoms with van der Waals surface area (Å²) < 4.78 is 0. The standard InChI is InChI=1S/C16H23N3O4/c1-16(12-20)8-2-9-18(11-16)10-7-15(21)17-13-3-5-14(6-4-13)19(22)23/h3-6,20H,2,7-12H2,1H3,(H,17,21). The number of nitrogens with one attached hydrogen (secondary N) is 1. The number of likely N-dealkylation sites (tertiary alicyclic amines) is 1. The molecule has 23 heavy (non-hydrogen) atoms. The fourth-order valence-electron chi connectivity index (χ4n) is 2.90. The molecule has 7 nitrogen and oxygen atoms in total. The number of carbonyl (C=O) groups is 1. The molecule has 0 aromatic heterocycles. The molecule has 1 unspecified atom stereocenters. The lowest BCUT2D eigenvalue weighted by atomic mass is 9.83. The van der Waals surface area contributed by atoms with E-state index < -0.39 is 4.92 Å². The number of aliphatic hydroxyl groups is 1. The third kappa shape index (κ3) is 5.01. The number of aliphatic hydroxyl groups excluding tert-OH is 1. The molecule has 1 atom stereocenters. The maximum absolute atomic E-state index is 12.0. The van der Waals surface area contributed by atoms with E-state index in [0.29, 0.717) is 18.7 Å². The summed E-state index contributed by atoms with van der Waals surface area (Å²) in [5.41, 5.74) is 0.478. The first-order chi connectivity index (χ1) is 10.9. The van der Waals surface area contributed by atoms with Gasteiger partial charge in [0.2, 0.25) is 5.91 Å². The Bertz CT molecular complexity index is 561. The summed E-state index contributed by atoms with van der Waals surface area (Å²) in [5.74, 6) is -0.116. The van der Waals surface area contributed by atoms with Crippen molar-refractivity contribution in [1.29, 1.82) is 0 Å². The number of benzene rings is 1. The van der Waals surface area contributed by atoms with Crippen molar-refractivity contribution < 1.29 is 14.8 Å². The minimum Gasteiger partial charge on any atom is -0.396 e. The predicted octanol–water partition coefficient (Wildman–Crippen LogP) is 2.02. The number of hydrogen-bond donors (Lipinski definition) is 2. The zero-order valence-electron chi connectivity index (χ0n) is 13.3. The predicted molar refractivity (Wildman–Crippen MR) is 87.2 cm³/mol. The zero-order chi connectivity index (χ0) is 16.9. The Labute approximate surface area is 135 Å². The number of non-ortho nitro benzene ring substituents is 1. The highest BCUT2D eigenvalue weighted by atomic mass is 16.6. The van der Waals surface area contributed by atoms with E-state index in [1.807, 2.05) is 0 Å². The number of piperidine rings is 1. The molecule has 1 saturated heterocycles. The number of anilines is 1. The molecule has 1 aliphatic heterocycles. The Morgan fingerprint density at radius 3 is 2.74 bits per heavy atom. The molecule has 0 saturated carbocycles. The van der Waals surface area contributed by atoms with Gasteiger partial charge in [-0.3, -0.25) is 14.9 Å². The molecule has 0 aliphatic carbocycles. The van der Waals surface area contributed by atoms with E-state index in [9.17, 15) is 20.0 Å². The molecule has 126 valence electrons. The highest BCUT2D eigenvalue weighted by Gasteiger charge is 2.30. The normalized spacial score (nSPS) is 21.8. The number of nitro groups is 1. The molecule has 1 amide bonds. The Balaban J connectivity index is 1.79. The number of nitro benzene ring substituents is 1. The van der Waals surface area contributed by atoms with Gasteiger partial charge in [0.25, 0.3) is 5.69 Å². The van der Waals surface area contributed by atoms with Crippen molar-refractivity contribution in [2.45, 2.75) is 26.2 Å². The van der Waals surface area contributed by atoms with Crippen LogP contribution in [0.4, 0.5) is 11.4 Å². The highest BCUT2D eigenvalue weighted by Crippen LogP contribution is 2.28. The van der Waals surface area contributed by atoms with E-state index in [1.165, 1.54) is 24.3 Å². The molecular weight excluding hydrogens is 298 g/mol. The molecule has 0 spiro atoms. The maximum atomic E-state index is 12.0. The topological polar surface area (TPSA) is 95.7 Å². The second kappa shape index (κ2) is 7.52. The van der Waals surface area contributed by atoms with E-state index in [4.69, 9.17) is 0 Å². The first kappa shape index (κ1) is 17.4. The monoisotopic (exact) mass is 321 g/mol. The van der Waals surface area contributed by atoms with Crippen molar-refractivity contribution in [3.63, 3.8) is 0 Å². The van der Waals surface area contributed by atoms with E-state index in [1.54, 1.807) is 0 Å². The third-order valence-corrected chi connectivity index (χ3v) is 4.26. The van der Waals surface area contributed by atoms with Crippen LogP contribution in [-0.4, -0.2) is 47.1 Å². The molecule has 0 bridgehead atoms. The molecule has 0 radical (unpaired) electrons. The van der Waals surface area contributed by atoms with Gasteiger partial charge in [-0.05, 0) is 31.5 Å². The van der Waals surface area contributed by atoms with E-state index in [-0.39, 0.29) is 23.6 Å². The lowest BCUT2D eigenvalue weighted by Gasteiger charge is -2.39. The second-order valence-corrected chi connectivity index (χ2v) is 6.45.